The third kappa shape index (κ3) is 3.01. The fourth-order valence-corrected chi connectivity index (χ4v) is 2.60. The predicted octanol–water partition coefficient (Wildman–Crippen LogP) is 2.00. The number of rotatable bonds is 4. The van der Waals surface area contributed by atoms with Crippen LogP contribution in [0.4, 0.5) is 13.2 Å². The van der Waals surface area contributed by atoms with E-state index >= 15 is 0 Å². The molecule has 18 heavy (non-hydrogen) atoms. The van der Waals surface area contributed by atoms with Gasteiger partial charge in [0.05, 0.1) is 11.4 Å². The van der Waals surface area contributed by atoms with Crippen LogP contribution in [0.15, 0.2) is 0 Å². The van der Waals surface area contributed by atoms with Crippen molar-refractivity contribution in [2.45, 2.75) is 50.7 Å². The topological polar surface area (TPSA) is 56.7 Å². The van der Waals surface area contributed by atoms with E-state index in [1.165, 1.54) is 0 Å². The van der Waals surface area contributed by atoms with Crippen LogP contribution in [0.25, 0.3) is 0 Å². The Balaban J connectivity index is 2.27. The summed E-state index contributed by atoms with van der Waals surface area (Å²) in [6.45, 7) is -0.680. The van der Waals surface area contributed by atoms with Gasteiger partial charge in [-0.05, 0) is 19.4 Å². The smallest absolute Gasteiger partial charge is 0.330 e. The number of halogens is 3. The molecule has 0 radical (unpaired) electrons. The van der Waals surface area contributed by atoms with Crippen LogP contribution in [0.3, 0.4) is 0 Å². The van der Waals surface area contributed by atoms with Crippen molar-refractivity contribution in [3.05, 3.63) is 11.4 Å². The van der Waals surface area contributed by atoms with Gasteiger partial charge in [-0.3, -0.25) is 0 Å². The van der Waals surface area contributed by atoms with Crippen LogP contribution in [0.5, 0.6) is 0 Å². The first kappa shape index (κ1) is 13.3. The number of alkyl halides is 3. The molecule has 0 unspecified atom stereocenters. The van der Waals surface area contributed by atoms with Gasteiger partial charge in [-0.15, -0.1) is 5.10 Å². The highest BCUT2D eigenvalue weighted by molar-refractivity contribution is 5.17. The number of nitrogens with zero attached hydrogens (tertiary/aromatic N) is 3. The van der Waals surface area contributed by atoms with Crippen molar-refractivity contribution in [3.8, 4) is 0 Å². The monoisotopic (exact) mass is 262 g/mol. The largest absolute Gasteiger partial charge is 0.408 e. The summed E-state index contributed by atoms with van der Waals surface area (Å²) in [7, 11) is 0. The minimum Gasteiger partial charge on any atom is -0.330 e. The zero-order valence-electron chi connectivity index (χ0n) is 10.1. The molecule has 1 saturated carbocycles. The first-order chi connectivity index (χ1) is 8.51. The van der Waals surface area contributed by atoms with Crippen molar-refractivity contribution in [2.24, 2.45) is 5.73 Å². The molecule has 1 aromatic heterocycles. The average Bonchev–Trinajstić information content (AvgIpc) is 2.86. The van der Waals surface area contributed by atoms with E-state index in [0.29, 0.717) is 24.4 Å². The molecule has 1 aromatic rings. The summed E-state index contributed by atoms with van der Waals surface area (Å²) in [6.07, 6.45) is 0.185. The molecular formula is C11H17F3N4. The first-order valence-electron chi connectivity index (χ1n) is 6.20. The predicted molar refractivity (Wildman–Crippen MR) is 60.0 cm³/mol. The van der Waals surface area contributed by atoms with Gasteiger partial charge in [-0.25, -0.2) is 4.68 Å². The molecular weight excluding hydrogens is 245 g/mol. The highest BCUT2D eigenvalue weighted by atomic mass is 19.4. The first-order valence-corrected chi connectivity index (χ1v) is 6.20. The molecule has 2 N–H and O–H groups in total. The highest BCUT2D eigenvalue weighted by Gasteiger charge is 2.33. The summed E-state index contributed by atoms with van der Waals surface area (Å²) in [6, 6.07) is 0. The Hall–Kier alpha value is -1.11. The minimum absolute atomic E-state index is 0.156. The van der Waals surface area contributed by atoms with E-state index in [1.807, 2.05) is 0 Å². The van der Waals surface area contributed by atoms with Crippen molar-refractivity contribution >= 4 is 0 Å². The molecule has 102 valence electrons. The number of hydrogen-bond acceptors (Lipinski definition) is 3. The van der Waals surface area contributed by atoms with Crippen LogP contribution in [0, 0.1) is 0 Å². The van der Waals surface area contributed by atoms with Gasteiger partial charge in [0.2, 0.25) is 0 Å². The molecule has 1 aliphatic carbocycles. The number of hydrogen-bond donors (Lipinski definition) is 1. The maximum Gasteiger partial charge on any atom is 0.408 e. The van der Waals surface area contributed by atoms with Gasteiger partial charge in [0, 0.05) is 12.3 Å². The normalized spacial score (nSPS) is 17.6. The number of nitrogens with two attached hydrogens (primary N) is 1. The van der Waals surface area contributed by atoms with Crippen LogP contribution < -0.4 is 5.73 Å². The van der Waals surface area contributed by atoms with E-state index in [-0.39, 0.29) is 5.92 Å². The fraction of sp³-hybridized carbons (Fsp3) is 0.818. The van der Waals surface area contributed by atoms with Gasteiger partial charge >= 0.3 is 6.18 Å². The van der Waals surface area contributed by atoms with Gasteiger partial charge in [-0.1, -0.05) is 18.1 Å². The van der Waals surface area contributed by atoms with Crippen molar-refractivity contribution in [3.63, 3.8) is 0 Å². The van der Waals surface area contributed by atoms with Gasteiger partial charge < -0.3 is 5.73 Å². The van der Waals surface area contributed by atoms with Crippen molar-refractivity contribution in [2.75, 3.05) is 6.54 Å². The average molecular weight is 262 g/mol. The second kappa shape index (κ2) is 5.26. The SMILES string of the molecule is NCCc1nnn(CC(F)(F)F)c1C1CCCC1. The van der Waals surface area contributed by atoms with Crippen LogP contribution >= 0.6 is 0 Å². The van der Waals surface area contributed by atoms with Gasteiger partial charge in [0.25, 0.3) is 0 Å². The summed E-state index contributed by atoms with van der Waals surface area (Å²) in [4.78, 5) is 0. The molecule has 1 aliphatic rings. The molecule has 0 bridgehead atoms. The third-order valence-corrected chi connectivity index (χ3v) is 3.30. The summed E-state index contributed by atoms with van der Waals surface area (Å²) in [5.41, 5.74) is 6.75. The summed E-state index contributed by atoms with van der Waals surface area (Å²) in [5.74, 6) is 0.156. The Morgan fingerprint density at radius 3 is 2.50 bits per heavy atom. The Morgan fingerprint density at radius 1 is 1.28 bits per heavy atom. The quantitative estimate of drug-likeness (QED) is 0.903. The van der Waals surface area contributed by atoms with Crippen LogP contribution in [0.2, 0.25) is 0 Å². The molecule has 2 rings (SSSR count). The lowest BCUT2D eigenvalue weighted by Crippen LogP contribution is -2.21. The van der Waals surface area contributed by atoms with Gasteiger partial charge in [0.1, 0.15) is 6.54 Å². The van der Waals surface area contributed by atoms with E-state index in [1.54, 1.807) is 0 Å². The molecule has 1 heterocycles. The zero-order chi connectivity index (χ0) is 13.2. The second-order valence-corrected chi connectivity index (χ2v) is 4.71. The lowest BCUT2D eigenvalue weighted by atomic mass is 10.0. The van der Waals surface area contributed by atoms with E-state index in [2.05, 4.69) is 10.3 Å². The maximum atomic E-state index is 12.5. The lowest BCUT2D eigenvalue weighted by Gasteiger charge is -2.15. The molecule has 1 fully saturated rings. The fourth-order valence-electron chi connectivity index (χ4n) is 2.60. The molecule has 0 spiro atoms. The lowest BCUT2D eigenvalue weighted by molar-refractivity contribution is -0.143. The summed E-state index contributed by atoms with van der Waals surface area (Å²) < 4.78 is 38.5. The van der Waals surface area contributed by atoms with E-state index < -0.39 is 12.7 Å². The molecule has 0 aliphatic heterocycles. The maximum absolute atomic E-state index is 12.5. The van der Waals surface area contributed by atoms with E-state index in [4.69, 9.17) is 5.73 Å². The Labute approximate surface area is 103 Å². The van der Waals surface area contributed by atoms with Crippen LogP contribution in [-0.4, -0.2) is 27.7 Å². The Kier molecular flexibility index (Phi) is 3.89. The molecule has 0 saturated heterocycles. The standard InChI is InChI=1S/C11H17F3N4/c12-11(13,14)7-18-10(8-3-1-2-4-8)9(5-6-15)16-17-18/h8H,1-7,15H2. The van der Waals surface area contributed by atoms with Crippen LogP contribution in [0.1, 0.15) is 43.0 Å². The Morgan fingerprint density at radius 2 is 1.94 bits per heavy atom. The van der Waals surface area contributed by atoms with Crippen molar-refractivity contribution < 1.29 is 13.2 Å². The van der Waals surface area contributed by atoms with E-state index in [9.17, 15) is 13.2 Å². The highest BCUT2D eigenvalue weighted by Crippen LogP contribution is 2.36. The van der Waals surface area contributed by atoms with Crippen LogP contribution in [-0.2, 0) is 13.0 Å². The number of aromatic nitrogens is 3. The molecule has 4 nitrogen and oxygen atoms in total. The minimum atomic E-state index is -4.26. The molecule has 7 heteroatoms. The van der Waals surface area contributed by atoms with Gasteiger partial charge in [-0.2, -0.15) is 13.2 Å². The summed E-state index contributed by atoms with van der Waals surface area (Å²) >= 11 is 0. The van der Waals surface area contributed by atoms with Crippen molar-refractivity contribution in [1.82, 2.24) is 15.0 Å². The third-order valence-electron chi connectivity index (χ3n) is 3.30. The molecule has 0 amide bonds. The summed E-state index contributed by atoms with van der Waals surface area (Å²) in [5, 5.41) is 7.52. The van der Waals surface area contributed by atoms with Crippen molar-refractivity contribution in [1.29, 1.82) is 0 Å². The zero-order valence-corrected chi connectivity index (χ0v) is 10.1. The second-order valence-electron chi connectivity index (χ2n) is 4.71. The van der Waals surface area contributed by atoms with E-state index in [0.717, 1.165) is 30.4 Å². The van der Waals surface area contributed by atoms with Gasteiger partial charge in [0.15, 0.2) is 0 Å². The Bertz CT molecular complexity index is 393. The molecule has 0 atom stereocenters. The molecule has 0 aromatic carbocycles.